The average molecular weight is 421 g/mol. The summed E-state index contributed by atoms with van der Waals surface area (Å²) < 4.78 is 16.2. The second-order valence-electron chi connectivity index (χ2n) is 6.96. The molecule has 0 radical (unpaired) electrons. The van der Waals surface area contributed by atoms with E-state index >= 15 is 0 Å². The Labute approximate surface area is 182 Å². The van der Waals surface area contributed by atoms with Crippen LogP contribution in [0.4, 0.5) is 0 Å². The van der Waals surface area contributed by atoms with Crippen molar-refractivity contribution in [3.63, 3.8) is 0 Å². The summed E-state index contributed by atoms with van der Waals surface area (Å²) in [5, 5.41) is 1.99. The van der Waals surface area contributed by atoms with E-state index < -0.39 is 5.97 Å². The quantitative estimate of drug-likeness (QED) is 0.478. The summed E-state index contributed by atoms with van der Waals surface area (Å²) in [6, 6.07) is 18.7. The van der Waals surface area contributed by atoms with Crippen molar-refractivity contribution in [2.24, 2.45) is 0 Å². The number of nitrogens with zero attached hydrogens (tertiary/aromatic N) is 1. The molecule has 0 saturated heterocycles. The molecule has 0 fully saturated rings. The molecule has 0 bridgehead atoms. The molecule has 0 spiro atoms. The highest BCUT2D eigenvalue weighted by Crippen LogP contribution is 2.28. The Hall–Kier alpha value is -3.54. The van der Waals surface area contributed by atoms with Gasteiger partial charge in [-0.15, -0.1) is 0 Å². The van der Waals surface area contributed by atoms with Crippen molar-refractivity contribution in [2.75, 3.05) is 26.9 Å². The number of esters is 1. The summed E-state index contributed by atoms with van der Waals surface area (Å²) in [5.41, 5.74) is 1.32. The first-order chi connectivity index (χ1) is 15.0. The van der Waals surface area contributed by atoms with Gasteiger partial charge in [-0.2, -0.15) is 0 Å². The number of ether oxygens (including phenoxy) is 3. The number of rotatable bonds is 9. The second kappa shape index (κ2) is 10.5. The molecule has 0 aliphatic carbocycles. The maximum absolute atomic E-state index is 12.6. The lowest BCUT2D eigenvalue weighted by Crippen LogP contribution is -2.34. The van der Waals surface area contributed by atoms with Gasteiger partial charge in [-0.25, -0.2) is 4.79 Å². The summed E-state index contributed by atoms with van der Waals surface area (Å²) in [5.74, 6) is 0.500. The zero-order chi connectivity index (χ0) is 22.2. The van der Waals surface area contributed by atoms with Crippen molar-refractivity contribution < 1.29 is 23.8 Å². The molecule has 0 atom stereocenters. The molecule has 3 rings (SSSR count). The van der Waals surface area contributed by atoms with E-state index in [9.17, 15) is 9.59 Å². The Morgan fingerprint density at radius 2 is 1.68 bits per heavy atom. The van der Waals surface area contributed by atoms with Gasteiger partial charge in [-0.1, -0.05) is 36.4 Å². The average Bonchev–Trinajstić information content (AvgIpc) is 2.81. The lowest BCUT2D eigenvalue weighted by Gasteiger charge is -2.21. The van der Waals surface area contributed by atoms with Crippen LogP contribution >= 0.6 is 0 Å². The smallest absolute Gasteiger partial charge is 0.338 e. The minimum Gasteiger partial charge on any atom is -0.493 e. The summed E-state index contributed by atoms with van der Waals surface area (Å²) in [4.78, 5) is 26.7. The van der Waals surface area contributed by atoms with E-state index in [4.69, 9.17) is 14.2 Å². The summed E-state index contributed by atoms with van der Waals surface area (Å²) >= 11 is 0. The van der Waals surface area contributed by atoms with Crippen LogP contribution in [0.1, 0.15) is 29.8 Å². The topological polar surface area (TPSA) is 65.1 Å². The molecule has 0 aliphatic rings. The third-order valence-electron chi connectivity index (χ3n) is 4.95. The fraction of sp³-hybridized carbons (Fsp3) is 0.280. The van der Waals surface area contributed by atoms with Gasteiger partial charge in [0, 0.05) is 13.1 Å². The minimum absolute atomic E-state index is 0.260. The highest BCUT2D eigenvalue weighted by Gasteiger charge is 2.17. The van der Waals surface area contributed by atoms with Gasteiger partial charge < -0.3 is 19.1 Å². The van der Waals surface area contributed by atoms with Crippen LogP contribution in [0, 0.1) is 0 Å². The molecule has 6 nitrogen and oxygen atoms in total. The maximum atomic E-state index is 12.6. The van der Waals surface area contributed by atoms with Crippen LogP contribution in [0.15, 0.2) is 60.7 Å². The van der Waals surface area contributed by atoms with Gasteiger partial charge >= 0.3 is 5.97 Å². The number of methoxy groups -OCH3 is 1. The Balaban J connectivity index is 1.62. The summed E-state index contributed by atoms with van der Waals surface area (Å²) in [6.07, 6.45) is 0. The van der Waals surface area contributed by atoms with Gasteiger partial charge in [-0.05, 0) is 54.4 Å². The van der Waals surface area contributed by atoms with Crippen molar-refractivity contribution in [3.8, 4) is 11.5 Å². The largest absolute Gasteiger partial charge is 0.493 e. The standard InChI is InChI=1S/C25H27NO5/c1-4-26(16-18-10-13-22(30-5-2)23(14-18)29-3)24(27)17-31-25(28)21-12-11-19-8-6-7-9-20(19)15-21/h6-15H,4-5,16-17H2,1-3H3. The normalized spacial score (nSPS) is 10.5. The zero-order valence-electron chi connectivity index (χ0n) is 18.1. The van der Waals surface area contributed by atoms with Crippen molar-refractivity contribution in [1.82, 2.24) is 4.90 Å². The molecule has 0 aromatic heterocycles. The van der Waals surface area contributed by atoms with Gasteiger partial charge in [-0.3, -0.25) is 4.79 Å². The van der Waals surface area contributed by atoms with Gasteiger partial charge in [0.25, 0.3) is 5.91 Å². The van der Waals surface area contributed by atoms with E-state index in [1.807, 2.05) is 62.4 Å². The molecule has 162 valence electrons. The Kier molecular flexibility index (Phi) is 7.49. The highest BCUT2D eigenvalue weighted by atomic mass is 16.5. The first kappa shape index (κ1) is 22.2. The van der Waals surface area contributed by atoms with Crippen LogP contribution < -0.4 is 9.47 Å². The van der Waals surface area contributed by atoms with Gasteiger partial charge in [0.15, 0.2) is 18.1 Å². The van der Waals surface area contributed by atoms with Gasteiger partial charge in [0.05, 0.1) is 19.3 Å². The fourth-order valence-electron chi connectivity index (χ4n) is 3.30. The van der Waals surface area contributed by atoms with Gasteiger partial charge in [0.2, 0.25) is 0 Å². The summed E-state index contributed by atoms with van der Waals surface area (Å²) in [6.45, 7) is 4.89. The van der Waals surface area contributed by atoms with E-state index in [1.165, 1.54) is 0 Å². The van der Waals surface area contributed by atoms with E-state index in [2.05, 4.69) is 0 Å². The molecular formula is C25H27NO5. The molecule has 3 aromatic carbocycles. The van der Waals surface area contributed by atoms with Gasteiger partial charge in [0.1, 0.15) is 0 Å². The van der Waals surface area contributed by atoms with E-state index in [1.54, 1.807) is 24.1 Å². The molecule has 6 heteroatoms. The minimum atomic E-state index is -0.516. The molecule has 0 saturated carbocycles. The van der Waals surface area contributed by atoms with Crippen molar-refractivity contribution in [2.45, 2.75) is 20.4 Å². The second-order valence-corrected chi connectivity index (χ2v) is 6.96. The number of benzene rings is 3. The maximum Gasteiger partial charge on any atom is 0.338 e. The molecule has 31 heavy (non-hydrogen) atoms. The number of carbonyl (C=O) groups excluding carboxylic acids is 2. The van der Waals surface area contributed by atoms with Crippen molar-refractivity contribution in [1.29, 1.82) is 0 Å². The number of amides is 1. The lowest BCUT2D eigenvalue weighted by atomic mass is 10.1. The number of likely N-dealkylation sites (N-methyl/N-ethyl adjacent to an activating group) is 1. The lowest BCUT2D eigenvalue weighted by molar-refractivity contribution is -0.134. The monoisotopic (exact) mass is 421 g/mol. The first-order valence-electron chi connectivity index (χ1n) is 10.3. The molecular weight excluding hydrogens is 394 g/mol. The SMILES string of the molecule is CCOc1ccc(CN(CC)C(=O)COC(=O)c2ccc3ccccc3c2)cc1OC. The molecule has 0 unspecified atom stereocenters. The van der Waals surface area contributed by atoms with Crippen LogP contribution in [0.3, 0.4) is 0 Å². The fourth-order valence-corrected chi connectivity index (χ4v) is 3.30. The number of fused-ring (bicyclic) bond motifs is 1. The van der Waals surface area contributed by atoms with Crippen LogP contribution in [0.2, 0.25) is 0 Å². The number of hydrogen-bond acceptors (Lipinski definition) is 5. The third-order valence-corrected chi connectivity index (χ3v) is 4.95. The van der Waals surface area contributed by atoms with E-state index in [0.717, 1.165) is 16.3 Å². The van der Waals surface area contributed by atoms with Crippen LogP contribution in [-0.2, 0) is 16.1 Å². The first-order valence-corrected chi connectivity index (χ1v) is 10.3. The number of hydrogen-bond donors (Lipinski definition) is 0. The molecule has 0 aliphatic heterocycles. The zero-order valence-corrected chi connectivity index (χ0v) is 18.1. The molecule has 0 N–H and O–H groups in total. The molecule has 1 amide bonds. The Morgan fingerprint density at radius 3 is 2.39 bits per heavy atom. The summed E-state index contributed by atoms with van der Waals surface area (Å²) in [7, 11) is 1.58. The van der Waals surface area contributed by atoms with Crippen LogP contribution in [0.25, 0.3) is 10.8 Å². The van der Waals surface area contributed by atoms with Crippen LogP contribution in [-0.4, -0.2) is 43.6 Å². The highest BCUT2D eigenvalue weighted by molar-refractivity contribution is 5.96. The number of carbonyl (C=O) groups is 2. The third kappa shape index (κ3) is 5.54. The van der Waals surface area contributed by atoms with Crippen molar-refractivity contribution >= 4 is 22.6 Å². The van der Waals surface area contributed by atoms with Crippen molar-refractivity contribution in [3.05, 3.63) is 71.8 Å². The molecule has 3 aromatic rings. The van der Waals surface area contributed by atoms with E-state index in [0.29, 0.717) is 36.8 Å². The van der Waals surface area contributed by atoms with E-state index in [-0.39, 0.29) is 12.5 Å². The predicted octanol–water partition coefficient (Wildman–Crippen LogP) is 4.45. The van der Waals surface area contributed by atoms with Crippen LogP contribution in [0.5, 0.6) is 11.5 Å². The molecule has 0 heterocycles. The predicted molar refractivity (Wildman–Crippen MR) is 119 cm³/mol. The Morgan fingerprint density at radius 1 is 0.903 bits per heavy atom. The Bertz CT molecular complexity index is 1060.